The number of benzene rings is 2. The van der Waals surface area contributed by atoms with Crippen molar-refractivity contribution in [1.82, 2.24) is 0 Å². The maximum atomic E-state index is 13.2. The van der Waals surface area contributed by atoms with Gasteiger partial charge in [-0.15, -0.1) is 0 Å². The maximum Gasteiger partial charge on any atom is 0.126 e. The molecule has 18 heavy (non-hydrogen) atoms. The van der Waals surface area contributed by atoms with E-state index < -0.39 is 0 Å². The molecular weight excluding hydrogens is 315 g/mol. The second-order valence-electron chi connectivity index (χ2n) is 4.38. The average Bonchev–Trinajstić information content (AvgIpc) is 2.35. The molecule has 0 aliphatic rings. The van der Waals surface area contributed by atoms with Gasteiger partial charge in [-0.05, 0) is 48.2 Å². The van der Waals surface area contributed by atoms with E-state index >= 15 is 0 Å². The van der Waals surface area contributed by atoms with Crippen LogP contribution in [0.1, 0.15) is 27.1 Å². The molecule has 2 rings (SSSR count). The van der Waals surface area contributed by atoms with Crippen LogP contribution in [0.2, 0.25) is 5.02 Å². The molecule has 0 aliphatic heterocycles. The van der Waals surface area contributed by atoms with Gasteiger partial charge in [-0.3, -0.25) is 0 Å². The highest BCUT2D eigenvalue weighted by molar-refractivity contribution is 9.09. The van der Waals surface area contributed by atoms with E-state index in [9.17, 15) is 4.39 Å². The van der Waals surface area contributed by atoms with E-state index in [0.717, 1.165) is 21.7 Å². The molecular formula is C15H13BrClF. The highest BCUT2D eigenvalue weighted by Gasteiger charge is 2.12. The van der Waals surface area contributed by atoms with Crippen LogP contribution in [0.25, 0.3) is 0 Å². The molecule has 1 atom stereocenters. The van der Waals surface area contributed by atoms with E-state index in [0.29, 0.717) is 5.56 Å². The summed E-state index contributed by atoms with van der Waals surface area (Å²) >= 11 is 9.66. The molecule has 0 saturated carbocycles. The molecule has 0 fully saturated rings. The van der Waals surface area contributed by atoms with Gasteiger partial charge in [0.05, 0.1) is 4.83 Å². The van der Waals surface area contributed by atoms with Crippen LogP contribution in [0.15, 0.2) is 36.4 Å². The summed E-state index contributed by atoms with van der Waals surface area (Å²) in [5.41, 5.74) is 3.85. The molecule has 94 valence electrons. The van der Waals surface area contributed by atoms with Crippen LogP contribution < -0.4 is 0 Å². The van der Waals surface area contributed by atoms with Crippen LogP contribution in [0.3, 0.4) is 0 Å². The van der Waals surface area contributed by atoms with Crippen molar-refractivity contribution in [1.29, 1.82) is 0 Å². The van der Waals surface area contributed by atoms with Crippen LogP contribution in [0.4, 0.5) is 4.39 Å². The van der Waals surface area contributed by atoms with Gasteiger partial charge in [0.2, 0.25) is 0 Å². The number of hydrogen-bond donors (Lipinski definition) is 0. The van der Waals surface area contributed by atoms with Gasteiger partial charge in [-0.1, -0.05) is 51.8 Å². The number of halogens is 3. The largest absolute Gasteiger partial charge is 0.207 e. The van der Waals surface area contributed by atoms with Gasteiger partial charge in [0.15, 0.2) is 0 Å². The van der Waals surface area contributed by atoms with Crippen LogP contribution in [0, 0.1) is 19.7 Å². The zero-order valence-corrected chi connectivity index (χ0v) is 12.5. The Balaban J connectivity index is 2.37. The van der Waals surface area contributed by atoms with Crippen LogP contribution in [-0.2, 0) is 0 Å². The molecule has 0 nitrogen and oxygen atoms in total. The van der Waals surface area contributed by atoms with Crippen LogP contribution >= 0.6 is 27.5 Å². The first-order chi connectivity index (χ1) is 8.49. The molecule has 0 radical (unpaired) electrons. The lowest BCUT2D eigenvalue weighted by atomic mass is 10.0. The Morgan fingerprint density at radius 1 is 1.00 bits per heavy atom. The first-order valence-corrected chi connectivity index (χ1v) is 6.94. The second-order valence-corrected chi connectivity index (χ2v) is 5.70. The van der Waals surface area contributed by atoms with E-state index in [4.69, 9.17) is 11.6 Å². The Hall–Kier alpha value is -0.860. The summed E-state index contributed by atoms with van der Waals surface area (Å²) in [5, 5.41) is 0.758. The molecule has 0 spiro atoms. The Kier molecular flexibility index (Phi) is 4.08. The van der Waals surface area contributed by atoms with Crippen molar-refractivity contribution < 1.29 is 4.39 Å². The minimum Gasteiger partial charge on any atom is -0.207 e. The fourth-order valence-electron chi connectivity index (χ4n) is 1.84. The van der Waals surface area contributed by atoms with E-state index in [1.165, 1.54) is 6.07 Å². The molecule has 0 aromatic heterocycles. The predicted molar refractivity (Wildman–Crippen MR) is 78.1 cm³/mol. The monoisotopic (exact) mass is 326 g/mol. The van der Waals surface area contributed by atoms with Gasteiger partial charge in [0.25, 0.3) is 0 Å². The Bertz CT molecular complexity index is 529. The number of alkyl halides is 1. The van der Waals surface area contributed by atoms with Gasteiger partial charge in [-0.25, -0.2) is 4.39 Å². The first-order valence-electron chi connectivity index (χ1n) is 5.65. The average molecular weight is 328 g/mol. The van der Waals surface area contributed by atoms with Gasteiger partial charge in [0, 0.05) is 5.02 Å². The quantitative estimate of drug-likeness (QED) is 0.632. The Morgan fingerprint density at radius 2 is 1.56 bits per heavy atom. The molecule has 0 amide bonds. The van der Waals surface area contributed by atoms with Gasteiger partial charge in [0.1, 0.15) is 5.82 Å². The summed E-state index contributed by atoms with van der Waals surface area (Å²) in [5.74, 6) is -0.175. The molecule has 0 bridgehead atoms. The molecule has 3 heteroatoms. The number of aryl methyl sites for hydroxylation is 2. The molecule has 0 aliphatic carbocycles. The second kappa shape index (κ2) is 5.41. The molecule has 2 aromatic carbocycles. The summed E-state index contributed by atoms with van der Waals surface area (Å²) in [6, 6.07) is 11.1. The molecule has 1 unspecified atom stereocenters. The summed E-state index contributed by atoms with van der Waals surface area (Å²) in [6.07, 6.45) is 0. The summed E-state index contributed by atoms with van der Waals surface area (Å²) in [7, 11) is 0. The lowest BCUT2D eigenvalue weighted by Gasteiger charge is -2.13. The third-order valence-corrected chi connectivity index (χ3v) is 4.43. The van der Waals surface area contributed by atoms with Gasteiger partial charge >= 0.3 is 0 Å². The van der Waals surface area contributed by atoms with Crippen molar-refractivity contribution in [3.8, 4) is 0 Å². The van der Waals surface area contributed by atoms with Gasteiger partial charge in [-0.2, -0.15) is 0 Å². The van der Waals surface area contributed by atoms with Crippen molar-refractivity contribution >= 4 is 27.5 Å². The minimum atomic E-state index is -0.175. The standard InChI is InChI=1S/C15H13BrClF/c1-9-7-11(3-5-13(9)17)15(16)12-4-6-14(18)10(2)8-12/h3-8,15H,1-2H3. The highest BCUT2D eigenvalue weighted by Crippen LogP contribution is 2.33. The summed E-state index contributed by atoms with van der Waals surface area (Å²) in [6.45, 7) is 3.74. The van der Waals surface area contributed by atoms with Crippen molar-refractivity contribution in [3.05, 3.63) is 69.5 Å². The fraction of sp³-hybridized carbons (Fsp3) is 0.200. The fourth-order valence-corrected chi connectivity index (χ4v) is 2.53. The smallest absolute Gasteiger partial charge is 0.126 e. The summed E-state index contributed by atoms with van der Waals surface area (Å²) < 4.78 is 13.2. The predicted octanol–water partition coefficient (Wildman–Crippen LogP) is 5.58. The minimum absolute atomic E-state index is 0.0489. The van der Waals surface area contributed by atoms with Crippen molar-refractivity contribution in [3.63, 3.8) is 0 Å². The lowest BCUT2D eigenvalue weighted by Crippen LogP contribution is -1.95. The maximum absolute atomic E-state index is 13.2. The number of rotatable bonds is 2. The third kappa shape index (κ3) is 2.76. The summed E-state index contributed by atoms with van der Waals surface area (Å²) in [4.78, 5) is 0.0489. The molecule has 0 heterocycles. The number of hydrogen-bond acceptors (Lipinski definition) is 0. The van der Waals surface area contributed by atoms with Crippen LogP contribution in [-0.4, -0.2) is 0 Å². The lowest BCUT2D eigenvalue weighted by molar-refractivity contribution is 0.618. The SMILES string of the molecule is Cc1cc(C(Br)c2ccc(Cl)c(C)c2)ccc1F. The van der Waals surface area contributed by atoms with Crippen molar-refractivity contribution in [2.45, 2.75) is 18.7 Å². The Morgan fingerprint density at radius 3 is 2.11 bits per heavy atom. The van der Waals surface area contributed by atoms with E-state index in [1.807, 2.05) is 31.2 Å². The van der Waals surface area contributed by atoms with E-state index in [1.54, 1.807) is 13.0 Å². The zero-order chi connectivity index (χ0) is 13.3. The van der Waals surface area contributed by atoms with Crippen molar-refractivity contribution in [2.24, 2.45) is 0 Å². The molecule has 0 N–H and O–H groups in total. The normalized spacial score (nSPS) is 12.5. The van der Waals surface area contributed by atoms with E-state index in [-0.39, 0.29) is 10.6 Å². The third-order valence-electron chi connectivity index (χ3n) is 2.95. The molecule has 0 saturated heterocycles. The zero-order valence-electron chi connectivity index (χ0n) is 10.2. The first kappa shape index (κ1) is 13.6. The highest BCUT2D eigenvalue weighted by atomic mass is 79.9. The van der Waals surface area contributed by atoms with Crippen LogP contribution in [0.5, 0.6) is 0 Å². The van der Waals surface area contributed by atoms with Crippen molar-refractivity contribution in [2.75, 3.05) is 0 Å². The Labute approximate surface area is 120 Å². The van der Waals surface area contributed by atoms with Gasteiger partial charge < -0.3 is 0 Å². The molecule has 2 aromatic rings. The topological polar surface area (TPSA) is 0 Å². The van der Waals surface area contributed by atoms with E-state index in [2.05, 4.69) is 15.9 Å².